The monoisotopic (exact) mass is 242 g/mol. The minimum absolute atomic E-state index is 0.217. The lowest BCUT2D eigenvalue weighted by Crippen LogP contribution is -2.29. The average Bonchev–Trinajstić information content (AvgIpc) is 2.28. The molecule has 0 saturated carbocycles. The van der Waals surface area contributed by atoms with Crippen molar-refractivity contribution in [2.45, 2.75) is 6.92 Å². The molecule has 88 valence electrons. The van der Waals surface area contributed by atoms with Gasteiger partial charge in [0.2, 0.25) is 5.56 Å². The molecular formula is C10H14N2O3S. The number of hydrogen-bond donors (Lipinski definition) is 2. The maximum atomic E-state index is 11.5. The van der Waals surface area contributed by atoms with Crippen LogP contribution < -0.4 is 10.9 Å². The van der Waals surface area contributed by atoms with Crippen molar-refractivity contribution < 1.29 is 9.00 Å². The highest BCUT2D eigenvalue weighted by Gasteiger charge is 2.05. The van der Waals surface area contributed by atoms with Crippen molar-refractivity contribution >= 4 is 16.7 Å². The van der Waals surface area contributed by atoms with E-state index in [1.807, 2.05) is 6.92 Å². The predicted octanol–water partition coefficient (Wildman–Crippen LogP) is -0.127. The fourth-order valence-corrected chi connectivity index (χ4v) is 1.72. The van der Waals surface area contributed by atoms with Crippen molar-refractivity contribution in [3.63, 3.8) is 0 Å². The smallest absolute Gasteiger partial charge is 0.267 e. The summed E-state index contributed by atoms with van der Waals surface area (Å²) in [6, 6.07) is 4.37. The summed E-state index contributed by atoms with van der Waals surface area (Å²) >= 11 is 0. The van der Waals surface area contributed by atoms with Crippen LogP contribution in [-0.2, 0) is 10.8 Å². The molecule has 2 N–H and O–H groups in total. The van der Waals surface area contributed by atoms with Crippen molar-refractivity contribution in [2.24, 2.45) is 0 Å². The Balaban J connectivity index is 2.47. The van der Waals surface area contributed by atoms with Gasteiger partial charge < -0.3 is 10.3 Å². The van der Waals surface area contributed by atoms with Crippen LogP contribution in [-0.4, -0.2) is 33.2 Å². The van der Waals surface area contributed by atoms with Crippen LogP contribution in [0.5, 0.6) is 0 Å². The Hall–Kier alpha value is -1.43. The molecule has 1 aromatic rings. The van der Waals surface area contributed by atoms with E-state index in [1.165, 1.54) is 18.2 Å². The van der Waals surface area contributed by atoms with E-state index in [1.54, 1.807) is 0 Å². The topological polar surface area (TPSA) is 79.0 Å². The Morgan fingerprint density at radius 3 is 2.88 bits per heavy atom. The van der Waals surface area contributed by atoms with Crippen molar-refractivity contribution in [3.8, 4) is 0 Å². The van der Waals surface area contributed by atoms with E-state index in [0.29, 0.717) is 18.1 Å². The van der Waals surface area contributed by atoms with Gasteiger partial charge in [0.25, 0.3) is 5.91 Å². The molecule has 1 unspecified atom stereocenters. The van der Waals surface area contributed by atoms with Gasteiger partial charge in [0.15, 0.2) is 0 Å². The lowest BCUT2D eigenvalue weighted by molar-refractivity contribution is 0.0951. The third kappa shape index (κ3) is 3.98. The second-order valence-electron chi connectivity index (χ2n) is 3.12. The van der Waals surface area contributed by atoms with Crippen LogP contribution >= 0.6 is 0 Å². The highest BCUT2D eigenvalue weighted by atomic mass is 32.2. The normalized spacial score (nSPS) is 12.1. The summed E-state index contributed by atoms with van der Waals surface area (Å²) in [7, 11) is -0.891. The fourth-order valence-electron chi connectivity index (χ4n) is 1.10. The van der Waals surface area contributed by atoms with Crippen LogP contribution in [0.15, 0.2) is 23.0 Å². The largest absolute Gasteiger partial charge is 0.350 e. The van der Waals surface area contributed by atoms with E-state index >= 15 is 0 Å². The third-order valence-electron chi connectivity index (χ3n) is 1.95. The number of nitrogens with one attached hydrogen (secondary N) is 2. The summed E-state index contributed by atoms with van der Waals surface area (Å²) in [6.45, 7) is 2.17. The van der Waals surface area contributed by atoms with Crippen LogP contribution in [0, 0.1) is 0 Å². The van der Waals surface area contributed by atoms with E-state index in [0.717, 1.165) is 0 Å². The van der Waals surface area contributed by atoms with Crippen LogP contribution in [0.1, 0.15) is 17.4 Å². The molecule has 0 radical (unpaired) electrons. The predicted molar refractivity (Wildman–Crippen MR) is 62.9 cm³/mol. The first kappa shape index (κ1) is 12.6. The van der Waals surface area contributed by atoms with Gasteiger partial charge in [-0.3, -0.25) is 13.8 Å². The summed E-state index contributed by atoms with van der Waals surface area (Å²) in [5.41, 5.74) is -0.0976. The molecule has 1 heterocycles. The van der Waals surface area contributed by atoms with Gasteiger partial charge >= 0.3 is 0 Å². The van der Waals surface area contributed by atoms with Crippen LogP contribution in [0.3, 0.4) is 0 Å². The minimum atomic E-state index is -0.891. The first-order valence-electron chi connectivity index (χ1n) is 4.96. The van der Waals surface area contributed by atoms with Gasteiger partial charge in [0, 0.05) is 34.9 Å². The molecule has 1 rings (SSSR count). The number of carbonyl (C=O) groups excluding carboxylic acids is 1. The molecule has 0 aliphatic rings. The number of carbonyl (C=O) groups is 1. The van der Waals surface area contributed by atoms with E-state index in [9.17, 15) is 13.8 Å². The maximum Gasteiger partial charge on any atom is 0.267 e. The van der Waals surface area contributed by atoms with E-state index in [-0.39, 0.29) is 17.2 Å². The van der Waals surface area contributed by atoms with E-state index in [4.69, 9.17) is 0 Å². The van der Waals surface area contributed by atoms with Crippen LogP contribution in [0.25, 0.3) is 0 Å². The van der Waals surface area contributed by atoms with Gasteiger partial charge in [-0.2, -0.15) is 0 Å². The zero-order valence-corrected chi connectivity index (χ0v) is 9.80. The molecule has 0 aliphatic carbocycles. The van der Waals surface area contributed by atoms with E-state index in [2.05, 4.69) is 10.3 Å². The molecule has 0 spiro atoms. The van der Waals surface area contributed by atoms with Gasteiger partial charge in [-0.25, -0.2) is 0 Å². The highest BCUT2D eigenvalue weighted by Crippen LogP contribution is 1.89. The lowest BCUT2D eigenvalue weighted by Gasteiger charge is -2.03. The third-order valence-corrected chi connectivity index (χ3v) is 3.25. The van der Waals surface area contributed by atoms with Crippen molar-refractivity contribution in [1.29, 1.82) is 0 Å². The lowest BCUT2D eigenvalue weighted by atomic mass is 10.3. The minimum Gasteiger partial charge on any atom is -0.350 e. The molecule has 0 aromatic carbocycles. The summed E-state index contributed by atoms with van der Waals surface area (Å²) in [5.74, 6) is 0.656. The Bertz CT molecular complexity index is 442. The van der Waals surface area contributed by atoms with Gasteiger partial charge in [0.1, 0.15) is 5.69 Å². The van der Waals surface area contributed by atoms with Crippen molar-refractivity contribution in [3.05, 3.63) is 34.2 Å². The molecule has 0 saturated heterocycles. The van der Waals surface area contributed by atoms with Crippen LogP contribution in [0.4, 0.5) is 0 Å². The van der Waals surface area contributed by atoms with E-state index < -0.39 is 10.8 Å². The second-order valence-corrected chi connectivity index (χ2v) is 4.98. The summed E-state index contributed by atoms with van der Waals surface area (Å²) < 4.78 is 11.1. The number of amides is 1. The molecule has 5 nitrogen and oxygen atoms in total. The second kappa shape index (κ2) is 6.22. The molecule has 0 aliphatic heterocycles. The zero-order valence-electron chi connectivity index (χ0n) is 8.99. The molecule has 0 bridgehead atoms. The standard InChI is InChI=1S/C10H14N2O3S/c1-2-16(15)7-6-11-10(14)8-4-3-5-9(13)12-8/h3-5H,2,6-7H2,1H3,(H,11,14)(H,12,13). The van der Waals surface area contributed by atoms with Crippen molar-refractivity contribution in [1.82, 2.24) is 10.3 Å². The average molecular weight is 242 g/mol. The van der Waals surface area contributed by atoms with Gasteiger partial charge in [-0.15, -0.1) is 0 Å². The number of aromatic nitrogens is 1. The maximum absolute atomic E-state index is 11.5. The Morgan fingerprint density at radius 1 is 1.50 bits per heavy atom. The molecular weight excluding hydrogens is 228 g/mol. The number of pyridine rings is 1. The highest BCUT2D eigenvalue weighted by molar-refractivity contribution is 7.84. The molecule has 1 atom stereocenters. The van der Waals surface area contributed by atoms with Gasteiger partial charge in [-0.1, -0.05) is 13.0 Å². The number of hydrogen-bond acceptors (Lipinski definition) is 3. The summed E-state index contributed by atoms with van der Waals surface area (Å²) in [5, 5.41) is 2.59. The van der Waals surface area contributed by atoms with Crippen LogP contribution in [0.2, 0.25) is 0 Å². The molecule has 1 amide bonds. The number of rotatable bonds is 5. The fraction of sp³-hybridized carbons (Fsp3) is 0.400. The molecule has 6 heteroatoms. The van der Waals surface area contributed by atoms with Crippen molar-refractivity contribution in [2.75, 3.05) is 18.1 Å². The number of aromatic amines is 1. The first-order chi connectivity index (χ1) is 7.63. The summed E-state index contributed by atoms with van der Waals surface area (Å²) in [6.07, 6.45) is 0. The Kier molecular flexibility index (Phi) is 4.91. The quantitative estimate of drug-likeness (QED) is 0.755. The first-order valence-corrected chi connectivity index (χ1v) is 6.44. The SMILES string of the molecule is CCS(=O)CCNC(=O)c1cccc(=O)[nH]1. The number of H-pyrrole nitrogens is 1. The molecule has 16 heavy (non-hydrogen) atoms. The van der Waals surface area contributed by atoms with Gasteiger partial charge in [-0.05, 0) is 6.07 Å². The molecule has 1 aromatic heterocycles. The zero-order chi connectivity index (χ0) is 12.0. The Labute approximate surface area is 95.7 Å². The summed E-state index contributed by atoms with van der Waals surface area (Å²) in [4.78, 5) is 24.8. The molecule has 0 fully saturated rings. The van der Waals surface area contributed by atoms with Gasteiger partial charge in [0.05, 0.1) is 0 Å². The Morgan fingerprint density at radius 2 is 2.25 bits per heavy atom.